The molecule has 0 atom stereocenters. The van der Waals surface area contributed by atoms with Crippen molar-refractivity contribution < 1.29 is 4.79 Å². The van der Waals surface area contributed by atoms with Crippen molar-refractivity contribution in [3.05, 3.63) is 50.6 Å². The van der Waals surface area contributed by atoms with Crippen LogP contribution in [0.3, 0.4) is 0 Å². The Bertz CT molecular complexity index is 510. The van der Waals surface area contributed by atoms with Gasteiger partial charge in [0.1, 0.15) is 0 Å². The molecule has 2 nitrogen and oxygen atoms in total. The number of hydrogen-bond acceptors (Lipinski definition) is 2. The van der Waals surface area contributed by atoms with E-state index in [9.17, 15) is 4.79 Å². The molecular formula is C13H12BrNOS. The standard InChI is InChI=1S/C13H12BrNOS/c14-13-11(7-8-17-13)6-5-10-3-1-2-4-12(10)15-9-16/h1-4,7-9H,5-6H2,(H,15,16). The quantitative estimate of drug-likeness (QED) is 0.835. The molecule has 17 heavy (non-hydrogen) atoms. The minimum absolute atomic E-state index is 0.722. The number of rotatable bonds is 5. The summed E-state index contributed by atoms with van der Waals surface area (Å²) in [5.41, 5.74) is 3.38. The van der Waals surface area contributed by atoms with E-state index >= 15 is 0 Å². The Hall–Kier alpha value is -1.13. The summed E-state index contributed by atoms with van der Waals surface area (Å²) in [6.07, 6.45) is 2.62. The number of anilines is 1. The first-order valence-electron chi connectivity index (χ1n) is 5.31. The maximum atomic E-state index is 10.5. The van der Waals surface area contributed by atoms with Crippen LogP contribution in [0.2, 0.25) is 0 Å². The Kier molecular flexibility index (Phi) is 4.34. The molecule has 4 heteroatoms. The number of halogens is 1. The van der Waals surface area contributed by atoms with E-state index in [1.807, 2.05) is 24.3 Å². The normalized spacial score (nSPS) is 10.2. The topological polar surface area (TPSA) is 29.1 Å². The van der Waals surface area contributed by atoms with Gasteiger partial charge in [0.25, 0.3) is 0 Å². The van der Waals surface area contributed by atoms with Gasteiger partial charge in [-0.15, -0.1) is 11.3 Å². The number of nitrogens with one attached hydrogen (secondary N) is 1. The monoisotopic (exact) mass is 309 g/mol. The van der Waals surface area contributed by atoms with Gasteiger partial charge in [-0.3, -0.25) is 4.79 Å². The molecule has 0 saturated heterocycles. The van der Waals surface area contributed by atoms with Crippen molar-refractivity contribution in [1.82, 2.24) is 0 Å². The summed E-state index contributed by atoms with van der Waals surface area (Å²) in [4.78, 5) is 10.5. The molecule has 0 bridgehead atoms. The fraction of sp³-hybridized carbons (Fsp3) is 0.154. The Labute approximate surface area is 113 Å². The van der Waals surface area contributed by atoms with E-state index in [0.29, 0.717) is 0 Å². The minimum atomic E-state index is 0.722. The molecule has 2 rings (SSSR count). The number of carbonyl (C=O) groups excluding carboxylic acids is 1. The Morgan fingerprint density at radius 1 is 1.18 bits per heavy atom. The van der Waals surface area contributed by atoms with Gasteiger partial charge in [-0.05, 0) is 57.4 Å². The van der Waals surface area contributed by atoms with Gasteiger partial charge in [0.05, 0.1) is 3.79 Å². The molecule has 0 saturated carbocycles. The summed E-state index contributed by atoms with van der Waals surface area (Å²) in [7, 11) is 0. The van der Waals surface area contributed by atoms with Crippen LogP contribution in [0.15, 0.2) is 39.5 Å². The van der Waals surface area contributed by atoms with E-state index in [1.54, 1.807) is 11.3 Å². The van der Waals surface area contributed by atoms with Crippen LogP contribution in [0.1, 0.15) is 11.1 Å². The van der Waals surface area contributed by atoms with Gasteiger partial charge < -0.3 is 5.32 Å². The predicted octanol–water partition coefficient (Wildman–Crippen LogP) is 3.86. The van der Waals surface area contributed by atoms with Gasteiger partial charge >= 0.3 is 0 Å². The average molecular weight is 310 g/mol. The molecule has 88 valence electrons. The summed E-state index contributed by atoms with van der Waals surface area (Å²) in [6.45, 7) is 0. The van der Waals surface area contributed by atoms with Crippen LogP contribution in [0.25, 0.3) is 0 Å². The van der Waals surface area contributed by atoms with E-state index in [-0.39, 0.29) is 0 Å². The third-order valence-corrected chi connectivity index (χ3v) is 4.40. The molecule has 0 aliphatic heterocycles. The Balaban J connectivity index is 2.08. The second-order valence-corrected chi connectivity index (χ2v) is 5.87. The van der Waals surface area contributed by atoms with Crippen molar-refractivity contribution in [2.24, 2.45) is 0 Å². The second-order valence-electron chi connectivity index (χ2n) is 3.64. The van der Waals surface area contributed by atoms with Crippen molar-refractivity contribution in [2.75, 3.05) is 5.32 Å². The number of aryl methyl sites for hydroxylation is 2. The van der Waals surface area contributed by atoms with Gasteiger partial charge in [0, 0.05) is 5.69 Å². The van der Waals surface area contributed by atoms with Gasteiger partial charge in [0.2, 0.25) is 6.41 Å². The number of amides is 1. The lowest BCUT2D eigenvalue weighted by atomic mass is 10.0. The van der Waals surface area contributed by atoms with Crippen LogP contribution in [-0.2, 0) is 17.6 Å². The van der Waals surface area contributed by atoms with E-state index in [1.165, 1.54) is 9.35 Å². The van der Waals surface area contributed by atoms with Gasteiger partial charge in [-0.25, -0.2) is 0 Å². The number of hydrogen-bond donors (Lipinski definition) is 1. The van der Waals surface area contributed by atoms with Crippen molar-refractivity contribution >= 4 is 39.4 Å². The molecule has 0 radical (unpaired) electrons. The molecule has 0 spiro atoms. The highest BCUT2D eigenvalue weighted by molar-refractivity contribution is 9.11. The first-order chi connectivity index (χ1) is 8.31. The fourth-order valence-corrected chi connectivity index (χ4v) is 3.04. The number of thiophene rings is 1. The molecule has 1 amide bonds. The maximum Gasteiger partial charge on any atom is 0.211 e. The van der Waals surface area contributed by atoms with Crippen LogP contribution >= 0.6 is 27.3 Å². The number of para-hydroxylation sites is 1. The van der Waals surface area contributed by atoms with E-state index < -0.39 is 0 Å². The fourth-order valence-electron chi connectivity index (χ4n) is 1.71. The van der Waals surface area contributed by atoms with Crippen LogP contribution in [-0.4, -0.2) is 6.41 Å². The molecule has 1 heterocycles. The highest BCUT2D eigenvalue weighted by Gasteiger charge is 2.04. The Morgan fingerprint density at radius 2 is 1.94 bits per heavy atom. The summed E-state index contributed by atoms with van der Waals surface area (Å²) in [5, 5.41) is 4.81. The minimum Gasteiger partial charge on any atom is -0.328 e. The van der Waals surface area contributed by atoms with Crippen LogP contribution < -0.4 is 5.32 Å². The average Bonchev–Trinajstić information content (AvgIpc) is 2.74. The molecule has 1 N–H and O–H groups in total. The zero-order chi connectivity index (χ0) is 12.1. The summed E-state index contributed by atoms with van der Waals surface area (Å²) in [5.74, 6) is 0. The first kappa shape index (κ1) is 12.3. The molecule has 1 aromatic heterocycles. The highest BCUT2D eigenvalue weighted by Crippen LogP contribution is 2.25. The number of benzene rings is 1. The van der Waals surface area contributed by atoms with Crippen molar-refractivity contribution in [3.63, 3.8) is 0 Å². The van der Waals surface area contributed by atoms with Crippen LogP contribution in [0.5, 0.6) is 0 Å². The lowest BCUT2D eigenvalue weighted by Crippen LogP contribution is -2.00. The highest BCUT2D eigenvalue weighted by atomic mass is 79.9. The molecule has 1 aromatic carbocycles. The predicted molar refractivity (Wildman–Crippen MR) is 75.6 cm³/mol. The van der Waals surface area contributed by atoms with Gasteiger partial charge in [-0.1, -0.05) is 18.2 Å². The van der Waals surface area contributed by atoms with E-state index in [0.717, 1.165) is 30.5 Å². The summed E-state index contributed by atoms with van der Waals surface area (Å²) >= 11 is 5.23. The first-order valence-corrected chi connectivity index (χ1v) is 6.98. The van der Waals surface area contributed by atoms with Crippen molar-refractivity contribution in [2.45, 2.75) is 12.8 Å². The smallest absolute Gasteiger partial charge is 0.211 e. The van der Waals surface area contributed by atoms with Crippen LogP contribution in [0.4, 0.5) is 5.69 Å². The van der Waals surface area contributed by atoms with Gasteiger partial charge in [-0.2, -0.15) is 0 Å². The van der Waals surface area contributed by atoms with E-state index in [4.69, 9.17) is 0 Å². The molecule has 2 aromatic rings. The summed E-state index contributed by atoms with van der Waals surface area (Å²) in [6, 6.07) is 10.0. The molecule has 0 aliphatic rings. The number of carbonyl (C=O) groups is 1. The zero-order valence-corrected chi connectivity index (χ0v) is 11.6. The largest absolute Gasteiger partial charge is 0.328 e. The second kappa shape index (κ2) is 5.98. The van der Waals surface area contributed by atoms with Crippen molar-refractivity contribution in [3.8, 4) is 0 Å². The molecule has 0 unspecified atom stereocenters. The third kappa shape index (κ3) is 3.17. The maximum absolute atomic E-state index is 10.5. The van der Waals surface area contributed by atoms with Crippen molar-refractivity contribution in [1.29, 1.82) is 0 Å². The zero-order valence-electron chi connectivity index (χ0n) is 9.15. The lowest BCUT2D eigenvalue weighted by molar-refractivity contribution is -0.105. The third-order valence-electron chi connectivity index (χ3n) is 2.59. The van der Waals surface area contributed by atoms with Crippen LogP contribution in [0, 0.1) is 0 Å². The molecular weight excluding hydrogens is 298 g/mol. The lowest BCUT2D eigenvalue weighted by Gasteiger charge is -2.07. The molecule has 0 aliphatic carbocycles. The van der Waals surface area contributed by atoms with Gasteiger partial charge in [0.15, 0.2) is 0 Å². The van der Waals surface area contributed by atoms with E-state index in [2.05, 4.69) is 32.7 Å². The Morgan fingerprint density at radius 3 is 2.65 bits per heavy atom. The SMILES string of the molecule is O=CNc1ccccc1CCc1ccsc1Br. The summed E-state index contributed by atoms with van der Waals surface area (Å²) < 4.78 is 1.19. The molecule has 0 fully saturated rings.